The van der Waals surface area contributed by atoms with Crippen LogP contribution < -0.4 is 10.1 Å². The number of nitrogens with one attached hydrogen (secondary N) is 1. The molecule has 8 heteroatoms. The van der Waals surface area contributed by atoms with Crippen molar-refractivity contribution in [3.05, 3.63) is 48.5 Å². The van der Waals surface area contributed by atoms with Crippen LogP contribution in [0.4, 0.5) is 5.82 Å². The Kier molecular flexibility index (Phi) is 4.05. The van der Waals surface area contributed by atoms with E-state index in [1.165, 1.54) is 6.33 Å². The van der Waals surface area contributed by atoms with Crippen LogP contribution in [0.3, 0.4) is 0 Å². The third-order valence-electron chi connectivity index (χ3n) is 3.02. The first-order chi connectivity index (χ1) is 11.1. The molecule has 1 unspecified atom stereocenters. The number of anilines is 1. The quantitative estimate of drug-likeness (QED) is 0.773. The summed E-state index contributed by atoms with van der Waals surface area (Å²) in [6.07, 6.45) is 0.745. The lowest BCUT2D eigenvalue weighted by Crippen LogP contribution is -2.30. The molecule has 0 saturated heterocycles. The Bertz CT molecular complexity index is 796. The summed E-state index contributed by atoms with van der Waals surface area (Å²) in [5, 5.41) is 10.5. The van der Waals surface area contributed by atoms with Gasteiger partial charge < -0.3 is 14.6 Å². The molecule has 2 heterocycles. The van der Waals surface area contributed by atoms with Crippen LogP contribution in [-0.4, -0.2) is 31.9 Å². The summed E-state index contributed by atoms with van der Waals surface area (Å²) in [6, 6.07) is 11.2. The van der Waals surface area contributed by atoms with E-state index in [0.717, 1.165) is 5.69 Å². The van der Waals surface area contributed by atoms with E-state index in [1.807, 2.05) is 30.3 Å². The van der Waals surface area contributed by atoms with Gasteiger partial charge in [-0.2, -0.15) is 4.98 Å². The Labute approximate surface area is 132 Å². The fourth-order valence-electron chi connectivity index (χ4n) is 1.87. The summed E-state index contributed by atoms with van der Waals surface area (Å²) in [5.74, 6) is 0.581. The van der Waals surface area contributed by atoms with Gasteiger partial charge in [0.05, 0.1) is 5.69 Å². The summed E-state index contributed by atoms with van der Waals surface area (Å²) in [6.45, 7) is 3.34. The highest BCUT2D eigenvalue weighted by atomic mass is 16.5. The standard InChI is InChI=1S/C15H15N5O3/c1-10-8-13(19-23-10)17-14(21)11(2)22-15-16-9-20(18-15)12-6-4-3-5-7-12/h3-9,11H,1-2H3,(H,17,19,21). The monoisotopic (exact) mass is 313 g/mol. The van der Waals surface area contributed by atoms with Gasteiger partial charge in [0.2, 0.25) is 0 Å². The highest BCUT2D eigenvalue weighted by Crippen LogP contribution is 2.11. The predicted molar refractivity (Wildman–Crippen MR) is 81.3 cm³/mol. The second-order valence-corrected chi connectivity index (χ2v) is 4.88. The van der Waals surface area contributed by atoms with Gasteiger partial charge in [-0.05, 0) is 26.0 Å². The third-order valence-corrected chi connectivity index (χ3v) is 3.02. The van der Waals surface area contributed by atoms with E-state index in [4.69, 9.17) is 9.26 Å². The molecule has 0 spiro atoms. The molecule has 1 N–H and O–H groups in total. The number of amides is 1. The average Bonchev–Trinajstić information content (AvgIpc) is 3.17. The van der Waals surface area contributed by atoms with Crippen molar-refractivity contribution in [2.45, 2.75) is 20.0 Å². The Morgan fingerprint density at radius 1 is 1.35 bits per heavy atom. The smallest absolute Gasteiger partial charge is 0.336 e. The van der Waals surface area contributed by atoms with Crippen molar-refractivity contribution in [3.8, 4) is 11.7 Å². The van der Waals surface area contributed by atoms with Crippen molar-refractivity contribution in [2.24, 2.45) is 0 Å². The van der Waals surface area contributed by atoms with Gasteiger partial charge in [0.25, 0.3) is 5.91 Å². The minimum absolute atomic E-state index is 0.118. The number of rotatable bonds is 5. The molecule has 8 nitrogen and oxygen atoms in total. The molecule has 0 aliphatic rings. The number of aromatic nitrogens is 4. The molecule has 3 rings (SSSR count). The van der Waals surface area contributed by atoms with Crippen LogP contribution in [0.1, 0.15) is 12.7 Å². The summed E-state index contributed by atoms with van der Waals surface area (Å²) >= 11 is 0. The maximum atomic E-state index is 12.0. The normalized spacial score (nSPS) is 11.9. The Balaban J connectivity index is 1.62. The van der Waals surface area contributed by atoms with Gasteiger partial charge >= 0.3 is 6.01 Å². The number of nitrogens with zero attached hydrogens (tertiary/aromatic N) is 4. The summed E-state index contributed by atoms with van der Waals surface area (Å²) in [5.41, 5.74) is 0.852. The molecule has 23 heavy (non-hydrogen) atoms. The number of hydrogen-bond donors (Lipinski definition) is 1. The maximum absolute atomic E-state index is 12.0. The van der Waals surface area contributed by atoms with E-state index in [9.17, 15) is 4.79 Å². The van der Waals surface area contributed by atoms with Crippen LogP contribution in [0.25, 0.3) is 5.69 Å². The topological polar surface area (TPSA) is 95.1 Å². The summed E-state index contributed by atoms with van der Waals surface area (Å²) in [7, 11) is 0. The van der Waals surface area contributed by atoms with E-state index in [-0.39, 0.29) is 11.9 Å². The number of carbonyl (C=O) groups is 1. The summed E-state index contributed by atoms with van der Waals surface area (Å²) < 4.78 is 11.9. The van der Waals surface area contributed by atoms with Gasteiger partial charge in [0.1, 0.15) is 12.1 Å². The van der Waals surface area contributed by atoms with Crippen LogP contribution in [0.2, 0.25) is 0 Å². The minimum atomic E-state index is -0.779. The fraction of sp³-hybridized carbons (Fsp3) is 0.200. The maximum Gasteiger partial charge on any atom is 0.336 e. The number of hydrogen-bond acceptors (Lipinski definition) is 6. The lowest BCUT2D eigenvalue weighted by atomic mass is 10.3. The second kappa shape index (κ2) is 6.30. The first kappa shape index (κ1) is 14.8. The molecular weight excluding hydrogens is 298 g/mol. The SMILES string of the molecule is Cc1cc(NC(=O)C(C)Oc2ncn(-c3ccccc3)n2)no1. The van der Waals surface area contributed by atoms with Gasteiger partial charge in [-0.1, -0.05) is 23.4 Å². The largest absolute Gasteiger partial charge is 0.449 e. The predicted octanol–water partition coefficient (Wildman–Crippen LogP) is 1.97. The molecule has 0 fully saturated rings. The molecule has 3 aromatic rings. The van der Waals surface area contributed by atoms with Gasteiger partial charge in [0.15, 0.2) is 11.9 Å². The molecule has 0 aliphatic carbocycles. The van der Waals surface area contributed by atoms with Gasteiger partial charge in [0, 0.05) is 6.07 Å². The van der Waals surface area contributed by atoms with Crippen molar-refractivity contribution in [2.75, 3.05) is 5.32 Å². The number of carbonyl (C=O) groups excluding carboxylic acids is 1. The zero-order chi connectivity index (χ0) is 16.2. The van der Waals surface area contributed by atoms with E-state index in [1.54, 1.807) is 24.6 Å². The zero-order valence-corrected chi connectivity index (χ0v) is 12.6. The Morgan fingerprint density at radius 2 is 2.13 bits per heavy atom. The Hall–Kier alpha value is -3.16. The van der Waals surface area contributed by atoms with E-state index in [2.05, 4.69) is 20.6 Å². The lowest BCUT2D eigenvalue weighted by Gasteiger charge is -2.10. The zero-order valence-electron chi connectivity index (χ0n) is 12.6. The number of ether oxygens (including phenoxy) is 1. The molecule has 0 aliphatic heterocycles. The molecule has 1 amide bonds. The van der Waals surface area contributed by atoms with Gasteiger partial charge in [-0.25, -0.2) is 4.68 Å². The average molecular weight is 313 g/mol. The van der Waals surface area contributed by atoms with E-state index >= 15 is 0 Å². The first-order valence-corrected chi connectivity index (χ1v) is 7.00. The Morgan fingerprint density at radius 3 is 2.83 bits per heavy atom. The van der Waals surface area contributed by atoms with Crippen molar-refractivity contribution in [1.82, 2.24) is 19.9 Å². The number of aryl methyl sites for hydroxylation is 1. The van der Waals surface area contributed by atoms with Crippen molar-refractivity contribution in [3.63, 3.8) is 0 Å². The third kappa shape index (κ3) is 3.54. The highest BCUT2D eigenvalue weighted by molar-refractivity contribution is 5.93. The van der Waals surface area contributed by atoms with Crippen molar-refractivity contribution >= 4 is 11.7 Å². The van der Waals surface area contributed by atoms with Crippen molar-refractivity contribution in [1.29, 1.82) is 0 Å². The minimum Gasteiger partial charge on any atom is -0.449 e. The molecule has 1 atom stereocenters. The molecule has 0 saturated carbocycles. The fourth-order valence-corrected chi connectivity index (χ4v) is 1.87. The van der Waals surface area contributed by atoms with Crippen molar-refractivity contribution < 1.29 is 14.1 Å². The second-order valence-electron chi connectivity index (χ2n) is 4.88. The summed E-state index contributed by atoms with van der Waals surface area (Å²) in [4.78, 5) is 16.1. The number of benzene rings is 1. The molecule has 1 aromatic carbocycles. The first-order valence-electron chi connectivity index (χ1n) is 7.00. The molecule has 0 radical (unpaired) electrons. The van der Waals surface area contributed by atoms with E-state index < -0.39 is 6.10 Å². The van der Waals surface area contributed by atoms with Crippen LogP contribution >= 0.6 is 0 Å². The van der Waals surface area contributed by atoms with Crippen LogP contribution in [-0.2, 0) is 4.79 Å². The number of para-hydroxylation sites is 1. The molecule has 118 valence electrons. The van der Waals surface area contributed by atoms with E-state index in [0.29, 0.717) is 11.6 Å². The van der Waals surface area contributed by atoms with Gasteiger partial charge in [-0.15, -0.1) is 5.10 Å². The lowest BCUT2D eigenvalue weighted by molar-refractivity contribution is -0.122. The molecule has 0 bridgehead atoms. The highest BCUT2D eigenvalue weighted by Gasteiger charge is 2.18. The molecular formula is C15H15N5O3. The molecule has 2 aromatic heterocycles. The van der Waals surface area contributed by atoms with Gasteiger partial charge in [-0.3, -0.25) is 4.79 Å². The van der Waals surface area contributed by atoms with Crippen LogP contribution in [0.5, 0.6) is 6.01 Å². The van der Waals surface area contributed by atoms with Crippen LogP contribution in [0, 0.1) is 6.92 Å². The van der Waals surface area contributed by atoms with Crippen LogP contribution in [0.15, 0.2) is 47.2 Å².